The number of rotatable bonds is 3. The quantitative estimate of drug-likeness (QED) is 0.596. The van der Waals surface area contributed by atoms with E-state index in [-0.39, 0.29) is 5.75 Å². The summed E-state index contributed by atoms with van der Waals surface area (Å²) in [7, 11) is -3.11. The second-order valence-corrected chi connectivity index (χ2v) is 6.95. The van der Waals surface area contributed by atoms with Crippen LogP contribution in [0.2, 0.25) is 0 Å². The number of benzene rings is 1. The van der Waals surface area contributed by atoms with Crippen LogP contribution in [0.25, 0.3) is 10.8 Å². The van der Waals surface area contributed by atoms with Crippen LogP contribution in [0.4, 0.5) is 5.69 Å². The molecule has 1 aliphatic rings. The first-order valence-corrected chi connectivity index (χ1v) is 9.24. The van der Waals surface area contributed by atoms with Gasteiger partial charge in [-0.15, -0.1) is 0 Å². The predicted octanol–water partition coefficient (Wildman–Crippen LogP) is 2.18. The fraction of sp³-hybridized carbons (Fsp3) is 0.312. The molecule has 9 nitrogen and oxygen atoms in total. The van der Waals surface area contributed by atoms with E-state index in [9.17, 15) is 5.11 Å². The minimum Gasteiger partial charge on any atom is -0.503 e. The van der Waals surface area contributed by atoms with Gasteiger partial charge in [-0.2, -0.15) is 0 Å². The van der Waals surface area contributed by atoms with Crippen molar-refractivity contribution in [2.24, 2.45) is 15.9 Å². The Balaban J connectivity index is 0.000000431. The minimum atomic E-state index is -4.64. The fourth-order valence-electron chi connectivity index (χ4n) is 2.35. The number of ether oxygens (including phenoxy) is 1. The predicted molar refractivity (Wildman–Crippen MR) is 98.6 cm³/mol. The molecule has 0 saturated carbocycles. The maximum atomic E-state index is 10.2. The fourth-order valence-corrected chi connectivity index (χ4v) is 2.35. The molecule has 0 fully saturated rings. The molecular formula is C16H20N3O6P. The number of hydrogen-bond donors (Lipinski definition) is 4. The monoisotopic (exact) mass is 381 g/mol. The SMILES string of the molecule is COc1cc2ccnc3c2c(c1O)N=CC3=NCC(C)C.O=P(O)(O)O. The zero-order chi connectivity index (χ0) is 19.5. The Labute approximate surface area is 150 Å². The third-order valence-electron chi connectivity index (χ3n) is 3.37. The van der Waals surface area contributed by atoms with Gasteiger partial charge in [0.05, 0.1) is 19.0 Å². The van der Waals surface area contributed by atoms with Crippen LogP contribution in [0.5, 0.6) is 11.5 Å². The van der Waals surface area contributed by atoms with E-state index >= 15 is 0 Å². The third kappa shape index (κ3) is 4.86. The first-order valence-electron chi connectivity index (χ1n) is 7.67. The first kappa shape index (κ1) is 20.0. The molecule has 0 amide bonds. The minimum absolute atomic E-state index is 0.0402. The van der Waals surface area contributed by atoms with E-state index in [0.29, 0.717) is 17.4 Å². The number of nitrogens with zero attached hydrogens (tertiary/aromatic N) is 3. The number of methoxy groups -OCH3 is 1. The van der Waals surface area contributed by atoms with E-state index in [4.69, 9.17) is 24.0 Å². The lowest BCUT2D eigenvalue weighted by Crippen LogP contribution is -2.11. The van der Waals surface area contributed by atoms with Crippen molar-refractivity contribution >= 4 is 36.2 Å². The number of phosphoric acid groups is 1. The van der Waals surface area contributed by atoms with Gasteiger partial charge in [0.25, 0.3) is 0 Å². The van der Waals surface area contributed by atoms with Gasteiger partial charge < -0.3 is 24.5 Å². The Morgan fingerprint density at radius 3 is 2.54 bits per heavy atom. The molecule has 10 heteroatoms. The number of phenols is 1. The highest BCUT2D eigenvalue weighted by molar-refractivity contribution is 7.45. The molecule has 2 heterocycles. The molecule has 1 aromatic heterocycles. The summed E-state index contributed by atoms with van der Waals surface area (Å²) in [5, 5.41) is 12.0. The molecule has 140 valence electrons. The lowest BCUT2D eigenvalue weighted by molar-refractivity contribution is 0.275. The van der Waals surface area contributed by atoms with Crippen LogP contribution in [-0.2, 0) is 4.57 Å². The number of hydrogen-bond acceptors (Lipinski definition) is 6. The molecule has 1 aliphatic heterocycles. The largest absolute Gasteiger partial charge is 0.503 e. The van der Waals surface area contributed by atoms with Crippen LogP contribution >= 0.6 is 7.82 Å². The van der Waals surface area contributed by atoms with Crippen molar-refractivity contribution in [3.8, 4) is 11.5 Å². The van der Waals surface area contributed by atoms with Gasteiger partial charge in [-0.25, -0.2) is 9.56 Å². The first-order chi connectivity index (χ1) is 12.1. The summed E-state index contributed by atoms with van der Waals surface area (Å²) in [6.07, 6.45) is 3.40. The number of aromatic hydroxyl groups is 1. The highest BCUT2D eigenvalue weighted by Gasteiger charge is 2.21. The number of pyridine rings is 1. The molecule has 0 unspecified atom stereocenters. The standard InChI is InChI=1S/C16H17N3O2.H3O4P/c1-9(2)7-18-11-8-19-15-13-10(4-5-17-14(11)13)6-12(21-3)16(15)20;1-5(2,3)4/h4-6,8-9,20H,7H2,1-3H3;(H3,1,2,3,4). The van der Waals surface area contributed by atoms with Crippen LogP contribution in [0.1, 0.15) is 19.5 Å². The normalized spacial score (nSPS) is 14.5. The van der Waals surface area contributed by atoms with Crippen molar-refractivity contribution in [3.05, 3.63) is 24.0 Å². The Morgan fingerprint density at radius 1 is 1.31 bits per heavy atom. The van der Waals surface area contributed by atoms with Crippen molar-refractivity contribution in [1.82, 2.24) is 4.98 Å². The summed E-state index contributed by atoms with van der Waals surface area (Å²) >= 11 is 0. The smallest absolute Gasteiger partial charge is 0.466 e. The number of phenolic OH excluding ortho intramolecular Hbond substituents is 1. The summed E-state index contributed by atoms with van der Waals surface area (Å²) in [5.74, 6) is 0.920. The molecule has 2 aromatic rings. The van der Waals surface area contributed by atoms with E-state index < -0.39 is 7.82 Å². The van der Waals surface area contributed by atoms with Crippen molar-refractivity contribution in [2.45, 2.75) is 13.8 Å². The van der Waals surface area contributed by atoms with E-state index in [1.165, 1.54) is 7.11 Å². The van der Waals surface area contributed by atoms with E-state index in [1.54, 1.807) is 18.5 Å². The van der Waals surface area contributed by atoms with Gasteiger partial charge in [0.2, 0.25) is 0 Å². The molecule has 0 aliphatic carbocycles. The number of aliphatic imine (C=N–C) groups is 2. The van der Waals surface area contributed by atoms with Crippen LogP contribution < -0.4 is 4.74 Å². The summed E-state index contributed by atoms with van der Waals surface area (Å²) in [6, 6.07) is 3.67. The van der Waals surface area contributed by atoms with Crippen LogP contribution in [0, 0.1) is 5.92 Å². The van der Waals surface area contributed by atoms with Crippen LogP contribution in [0.3, 0.4) is 0 Å². The van der Waals surface area contributed by atoms with Crippen molar-refractivity contribution in [2.75, 3.05) is 13.7 Å². The highest BCUT2D eigenvalue weighted by atomic mass is 31.2. The molecule has 3 rings (SSSR count). The van der Waals surface area contributed by atoms with Gasteiger partial charge in [0.1, 0.15) is 11.4 Å². The summed E-state index contributed by atoms with van der Waals surface area (Å²) in [5.41, 5.74) is 2.01. The second kappa shape index (κ2) is 7.92. The molecule has 0 atom stereocenters. The van der Waals surface area contributed by atoms with Gasteiger partial charge in [-0.3, -0.25) is 9.98 Å². The van der Waals surface area contributed by atoms with Crippen molar-refractivity contribution in [3.63, 3.8) is 0 Å². The molecule has 0 saturated heterocycles. The Morgan fingerprint density at radius 2 is 1.96 bits per heavy atom. The third-order valence-corrected chi connectivity index (χ3v) is 3.37. The van der Waals surface area contributed by atoms with Gasteiger partial charge in [0, 0.05) is 18.1 Å². The molecule has 4 N–H and O–H groups in total. The highest BCUT2D eigenvalue weighted by Crippen LogP contribution is 2.44. The van der Waals surface area contributed by atoms with Crippen LogP contribution in [0.15, 0.2) is 28.3 Å². The topological polar surface area (TPSA) is 145 Å². The zero-order valence-electron chi connectivity index (χ0n) is 14.5. The van der Waals surface area contributed by atoms with Gasteiger partial charge in [-0.05, 0) is 23.4 Å². The van der Waals surface area contributed by atoms with Crippen molar-refractivity contribution in [1.29, 1.82) is 0 Å². The molecule has 1 aromatic carbocycles. The molecular weight excluding hydrogens is 361 g/mol. The summed E-state index contributed by atoms with van der Waals surface area (Å²) < 4.78 is 14.1. The van der Waals surface area contributed by atoms with Crippen molar-refractivity contribution < 1.29 is 29.1 Å². The van der Waals surface area contributed by atoms with Crippen LogP contribution in [-0.4, -0.2) is 50.4 Å². The lowest BCUT2D eigenvalue weighted by atomic mass is 10.0. The molecule has 26 heavy (non-hydrogen) atoms. The average Bonchev–Trinajstić information content (AvgIpc) is 2.55. The van der Waals surface area contributed by atoms with E-state index in [1.807, 2.05) is 6.07 Å². The maximum Gasteiger partial charge on any atom is 0.466 e. The van der Waals surface area contributed by atoms with Gasteiger partial charge >= 0.3 is 7.82 Å². The van der Waals surface area contributed by atoms with Gasteiger partial charge in [0.15, 0.2) is 11.5 Å². The Kier molecular flexibility index (Phi) is 6.09. The lowest BCUT2D eigenvalue weighted by Gasteiger charge is -2.16. The Hall–Kier alpha value is -2.32. The Bertz CT molecular complexity index is 912. The van der Waals surface area contributed by atoms with E-state index in [2.05, 4.69) is 28.8 Å². The molecule has 0 bridgehead atoms. The van der Waals surface area contributed by atoms with E-state index in [0.717, 1.165) is 28.7 Å². The molecule has 0 radical (unpaired) electrons. The zero-order valence-corrected chi connectivity index (χ0v) is 15.4. The molecule has 0 spiro atoms. The summed E-state index contributed by atoms with van der Waals surface area (Å²) in [4.78, 5) is 34.9. The second-order valence-electron chi connectivity index (χ2n) is 5.92. The average molecular weight is 381 g/mol. The summed E-state index contributed by atoms with van der Waals surface area (Å²) in [6.45, 7) is 4.95. The maximum absolute atomic E-state index is 10.2. The number of aromatic nitrogens is 1. The van der Waals surface area contributed by atoms with Gasteiger partial charge in [-0.1, -0.05) is 13.8 Å².